The Hall–Kier alpha value is -0.870. The number of rotatable bonds is 7. The van der Waals surface area contributed by atoms with Crippen LogP contribution in [0.2, 0.25) is 0 Å². The fourth-order valence-electron chi connectivity index (χ4n) is 0.828. The van der Waals surface area contributed by atoms with Crippen LogP contribution in [-0.4, -0.2) is 48.7 Å². The molecule has 4 heteroatoms. The minimum atomic E-state index is -0.935. The van der Waals surface area contributed by atoms with Gasteiger partial charge in [-0.25, -0.2) is 4.79 Å². The Morgan fingerprint density at radius 3 is 2.57 bits per heavy atom. The number of hydrogen-bond donors (Lipinski definition) is 2. The number of carbonyl (C=O) groups is 1. The van der Waals surface area contributed by atoms with Gasteiger partial charge in [-0.15, -0.1) is 0 Å². The highest BCUT2D eigenvalue weighted by Crippen LogP contribution is 1.91. The second-order valence-corrected chi connectivity index (χ2v) is 3.66. The van der Waals surface area contributed by atoms with Crippen LogP contribution < -0.4 is 5.32 Å². The Bertz CT molecular complexity index is 202. The number of likely N-dealkylation sites (N-methyl/N-ethyl adjacent to an activating group) is 1. The van der Waals surface area contributed by atoms with Crippen molar-refractivity contribution in [1.82, 2.24) is 10.2 Å². The summed E-state index contributed by atoms with van der Waals surface area (Å²) in [6.45, 7) is 9.71. The van der Waals surface area contributed by atoms with Crippen LogP contribution in [0.1, 0.15) is 13.8 Å². The quantitative estimate of drug-likeness (QED) is 0.465. The molecule has 82 valence electrons. The molecule has 0 aromatic rings. The topological polar surface area (TPSA) is 52.6 Å². The minimum Gasteiger partial charge on any atom is -0.478 e. The van der Waals surface area contributed by atoms with Gasteiger partial charge in [-0.05, 0) is 20.9 Å². The molecule has 0 spiro atoms. The molecule has 0 fully saturated rings. The van der Waals surface area contributed by atoms with Gasteiger partial charge in [0.2, 0.25) is 0 Å². The smallest absolute Gasteiger partial charge is 0.332 e. The first-order valence-corrected chi connectivity index (χ1v) is 4.77. The van der Waals surface area contributed by atoms with Gasteiger partial charge in [0.25, 0.3) is 0 Å². The van der Waals surface area contributed by atoms with Gasteiger partial charge in [-0.3, -0.25) is 0 Å². The lowest BCUT2D eigenvalue weighted by Gasteiger charge is -2.20. The van der Waals surface area contributed by atoms with Gasteiger partial charge < -0.3 is 15.3 Å². The van der Waals surface area contributed by atoms with E-state index in [0.29, 0.717) is 12.6 Å². The lowest BCUT2D eigenvalue weighted by Crippen LogP contribution is -2.34. The highest BCUT2D eigenvalue weighted by Gasteiger charge is 2.04. The molecule has 4 nitrogen and oxygen atoms in total. The fraction of sp³-hybridized carbons (Fsp3) is 0.700. The summed E-state index contributed by atoms with van der Waals surface area (Å²) in [4.78, 5) is 12.6. The summed E-state index contributed by atoms with van der Waals surface area (Å²) in [5.74, 6) is -0.935. The van der Waals surface area contributed by atoms with Gasteiger partial charge in [-0.2, -0.15) is 0 Å². The van der Waals surface area contributed by atoms with Crippen molar-refractivity contribution < 1.29 is 9.90 Å². The molecule has 0 saturated carbocycles. The maximum atomic E-state index is 10.4. The van der Waals surface area contributed by atoms with Crippen molar-refractivity contribution in [3.8, 4) is 0 Å². The molecule has 0 bridgehead atoms. The van der Waals surface area contributed by atoms with Gasteiger partial charge in [0, 0.05) is 31.2 Å². The molecule has 14 heavy (non-hydrogen) atoms. The molecule has 0 radical (unpaired) electrons. The third-order valence-corrected chi connectivity index (χ3v) is 2.16. The summed E-state index contributed by atoms with van der Waals surface area (Å²) in [6.07, 6.45) is 0. The van der Waals surface area contributed by atoms with Crippen molar-refractivity contribution in [1.29, 1.82) is 0 Å². The number of nitrogens with zero attached hydrogens (tertiary/aromatic N) is 1. The Morgan fingerprint density at radius 1 is 1.57 bits per heavy atom. The van der Waals surface area contributed by atoms with Crippen LogP contribution in [0.4, 0.5) is 0 Å². The predicted octanol–water partition coefficient (Wildman–Crippen LogP) is 0.557. The zero-order chi connectivity index (χ0) is 11.1. The van der Waals surface area contributed by atoms with Gasteiger partial charge in [0.15, 0.2) is 0 Å². The van der Waals surface area contributed by atoms with E-state index in [1.807, 2.05) is 7.05 Å². The molecule has 0 atom stereocenters. The zero-order valence-electron chi connectivity index (χ0n) is 9.21. The van der Waals surface area contributed by atoms with Crippen LogP contribution in [0.25, 0.3) is 0 Å². The maximum absolute atomic E-state index is 10.4. The monoisotopic (exact) mass is 200 g/mol. The lowest BCUT2D eigenvalue weighted by molar-refractivity contribution is -0.132. The Morgan fingerprint density at radius 2 is 2.14 bits per heavy atom. The van der Waals surface area contributed by atoms with Crippen LogP contribution in [0.5, 0.6) is 0 Å². The summed E-state index contributed by atoms with van der Waals surface area (Å²) in [5, 5.41) is 11.6. The molecule has 0 aliphatic heterocycles. The first kappa shape index (κ1) is 13.1. The van der Waals surface area contributed by atoms with Crippen LogP contribution in [0, 0.1) is 0 Å². The van der Waals surface area contributed by atoms with E-state index < -0.39 is 5.97 Å². The molecule has 0 aromatic carbocycles. The highest BCUT2D eigenvalue weighted by atomic mass is 16.4. The van der Waals surface area contributed by atoms with E-state index in [1.54, 1.807) is 0 Å². The predicted molar refractivity (Wildman–Crippen MR) is 57.4 cm³/mol. The molecular weight excluding hydrogens is 180 g/mol. The third-order valence-electron chi connectivity index (χ3n) is 2.16. The van der Waals surface area contributed by atoms with Gasteiger partial charge in [0.1, 0.15) is 0 Å². The molecule has 0 rings (SSSR count). The molecule has 2 N–H and O–H groups in total. The van der Waals surface area contributed by atoms with Crippen molar-refractivity contribution >= 4 is 5.97 Å². The van der Waals surface area contributed by atoms with Crippen molar-refractivity contribution in [2.45, 2.75) is 19.9 Å². The molecule has 0 heterocycles. The second kappa shape index (κ2) is 6.56. The van der Waals surface area contributed by atoms with Gasteiger partial charge in [-0.1, -0.05) is 6.58 Å². The number of nitrogens with one attached hydrogen (secondary N) is 1. The Kier molecular flexibility index (Phi) is 6.16. The van der Waals surface area contributed by atoms with Crippen molar-refractivity contribution in [2.24, 2.45) is 0 Å². The molecular formula is C10H20N2O2. The lowest BCUT2D eigenvalue weighted by atomic mass is 10.3. The highest BCUT2D eigenvalue weighted by molar-refractivity contribution is 5.86. The van der Waals surface area contributed by atoms with E-state index in [2.05, 4.69) is 30.6 Å². The Balaban J connectivity index is 3.47. The number of aliphatic carboxylic acids is 1. The van der Waals surface area contributed by atoms with Gasteiger partial charge in [0.05, 0.1) is 0 Å². The Labute approximate surface area is 85.6 Å². The first-order valence-electron chi connectivity index (χ1n) is 4.77. The van der Waals surface area contributed by atoms with E-state index in [9.17, 15) is 4.79 Å². The second-order valence-electron chi connectivity index (χ2n) is 3.66. The SMILES string of the molecule is C=C(CNCCN(C)C(C)C)C(=O)O. The van der Waals surface area contributed by atoms with Crippen LogP contribution in [0.3, 0.4) is 0 Å². The summed E-state index contributed by atoms with van der Waals surface area (Å²) in [6, 6.07) is 0.513. The summed E-state index contributed by atoms with van der Waals surface area (Å²) < 4.78 is 0. The third kappa shape index (κ3) is 5.72. The standard InChI is InChI=1S/C10H20N2O2/c1-8(2)12(4)6-5-11-7-9(3)10(13)14/h8,11H,3,5-7H2,1-2,4H3,(H,13,14). The average Bonchev–Trinajstić information content (AvgIpc) is 2.11. The summed E-state index contributed by atoms with van der Waals surface area (Å²) >= 11 is 0. The van der Waals surface area contributed by atoms with Crippen LogP contribution in [0.15, 0.2) is 12.2 Å². The molecule has 0 aromatic heterocycles. The molecule has 0 aliphatic rings. The average molecular weight is 200 g/mol. The summed E-state index contributed by atoms with van der Waals surface area (Å²) in [7, 11) is 2.04. The number of hydrogen-bond acceptors (Lipinski definition) is 3. The number of carboxylic acid groups (broad SMARTS) is 1. The van der Waals surface area contributed by atoms with Gasteiger partial charge >= 0.3 is 5.97 Å². The maximum Gasteiger partial charge on any atom is 0.332 e. The first-order chi connectivity index (χ1) is 6.45. The van der Waals surface area contributed by atoms with E-state index >= 15 is 0 Å². The molecule has 0 saturated heterocycles. The molecule has 0 aliphatic carbocycles. The molecule has 0 unspecified atom stereocenters. The van der Waals surface area contributed by atoms with Crippen molar-refractivity contribution in [3.63, 3.8) is 0 Å². The van der Waals surface area contributed by atoms with E-state index in [4.69, 9.17) is 5.11 Å². The van der Waals surface area contributed by atoms with Crippen LogP contribution >= 0.6 is 0 Å². The van der Waals surface area contributed by atoms with E-state index in [1.165, 1.54) is 0 Å². The minimum absolute atomic E-state index is 0.206. The van der Waals surface area contributed by atoms with Crippen molar-refractivity contribution in [3.05, 3.63) is 12.2 Å². The van der Waals surface area contributed by atoms with Crippen molar-refractivity contribution in [2.75, 3.05) is 26.7 Å². The zero-order valence-corrected chi connectivity index (χ0v) is 9.21. The fourth-order valence-corrected chi connectivity index (χ4v) is 0.828. The molecule has 0 amide bonds. The van der Waals surface area contributed by atoms with E-state index in [-0.39, 0.29) is 5.57 Å². The number of carboxylic acids is 1. The normalized spacial score (nSPS) is 10.9. The van der Waals surface area contributed by atoms with Crippen LogP contribution in [-0.2, 0) is 4.79 Å². The van der Waals surface area contributed by atoms with E-state index in [0.717, 1.165) is 13.1 Å². The summed E-state index contributed by atoms with van der Waals surface area (Å²) in [5.41, 5.74) is 0.206. The largest absolute Gasteiger partial charge is 0.478 e.